The van der Waals surface area contributed by atoms with Crippen LogP contribution in [-0.4, -0.2) is 62.7 Å². The van der Waals surface area contributed by atoms with E-state index in [1.165, 1.54) is 32.1 Å². The molecule has 1 aliphatic carbocycles. The Labute approximate surface area is 194 Å². The highest BCUT2D eigenvalue weighted by Gasteiger charge is 2.29. The summed E-state index contributed by atoms with van der Waals surface area (Å²) in [5.41, 5.74) is 3.73. The van der Waals surface area contributed by atoms with Gasteiger partial charge in [-0.25, -0.2) is 9.67 Å². The normalized spacial score (nSPS) is 18.4. The molecule has 1 saturated carbocycles. The van der Waals surface area contributed by atoms with Crippen LogP contribution in [0.3, 0.4) is 0 Å². The number of benzene rings is 1. The van der Waals surface area contributed by atoms with Crippen LogP contribution in [0.2, 0.25) is 5.02 Å². The van der Waals surface area contributed by atoms with Gasteiger partial charge in [0.05, 0.1) is 27.4 Å². The first-order valence-electron chi connectivity index (χ1n) is 11.7. The first-order chi connectivity index (χ1) is 15.5. The van der Waals surface area contributed by atoms with Gasteiger partial charge in [-0.15, -0.1) is 0 Å². The Kier molecular flexibility index (Phi) is 5.91. The molecule has 2 fully saturated rings. The Morgan fingerprint density at radius 2 is 1.75 bits per heavy atom. The maximum atomic E-state index is 13.6. The number of rotatable bonds is 3. The van der Waals surface area contributed by atoms with E-state index in [0.717, 1.165) is 48.6 Å². The van der Waals surface area contributed by atoms with Crippen LogP contribution < -0.4 is 0 Å². The Hall–Kier alpha value is -2.44. The topological polar surface area (TPSA) is 54.3 Å². The number of halogens is 1. The third-order valence-electron chi connectivity index (χ3n) is 6.94. The number of para-hydroxylation sites is 1. The molecule has 0 spiro atoms. The molecular formula is C25H30ClN5O. The van der Waals surface area contributed by atoms with Gasteiger partial charge in [-0.05, 0) is 44.9 Å². The fourth-order valence-electron chi connectivity index (χ4n) is 5.28. The van der Waals surface area contributed by atoms with E-state index in [1.807, 2.05) is 49.1 Å². The largest absolute Gasteiger partial charge is 0.336 e. The predicted octanol–water partition coefficient (Wildman–Crippen LogP) is 4.78. The van der Waals surface area contributed by atoms with Crippen LogP contribution in [0.5, 0.6) is 0 Å². The summed E-state index contributed by atoms with van der Waals surface area (Å²) < 4.78 is 1.76. The minimum Gasteiger partial charge on any atom is -0.336 e. The molecular weight excluding hydrogens is 422 g/mol. The van der Waals surface area contributed by atoms with E-state index in [1.54, 1.807) is 4.68 Å². The Bertz CT molecular complexity index is 1140. The van der Waals surface area contributed by atoms with Gasteiger partial charge in [-0.3, -0.25) is 9.69 Å². The summed E-state index contributed by atoms with van der Waals surface area (Å²) in [6, 6.07) is 10.2. The van der Waals surface area contributed by atoms with Crippen LogP contribution in [0.1, 0.15) is 53.8 Å². The molecule has 1 saturated heterocycles. The molecule has 7 heteroatoms. The van der Waals surface area contributed by atoms with Crippen molar-refractivity contribution in [1.29, 1.82) is 0 Å². The first-order valence-corrected chi connectivity index (χ1v) is 12.1. The molecule has 1 aromatic carbocycles. The van der Waals surface area contributed by atoms with Crippen LogP contribution in [0.25, 0.3) is 16.7 Å². The van der Waals surface area contributed by atoms with Gasteiger partial charge in [-0.2, -0.15) is 5.10 Å². The second kappa shape index (κ2) is 8.83. The van der Waals surface area contributed by atoms with Crippen LogP contribution >= 0.6 is 11.6 Å². The van der Waals surface area contributed by atoms with E-state index < -0.39 is 0 Å². The second-order valence-electron chi connectivity index (χ2n) is 9.08. The average Bonchev–Trinajstić information content (AvgIpc) is 3.15. The zero-order chi connectivity index (χ0) is 22.2. The molecule has 0 unspecified atom stereocenters. The third-order valence-corrected chi connectivity index (χ3v) is 7.26. The molecule has 3 aromatic rings. The van der Waals surface area contributed by atoms with Crippen LogP contribution in [0, 0.1) is 13.8 Å². The molecule has 6 nitrogen and oxygen atoms in total. The van der Waals surface area contributed by atoms with Gasteiger partial charge in [0.2, 0.25) is 0 Å². The number of aromatic nitrogens is 3. The lowest BCUT2D eigenvalue weighted by molar-refractivity contribution is 0.0525. The molecule has 0 radical (unpaired) electrons. The first kappa shape index (κ1) is 21.4. The highest BCUT2D eigenvalue weighted by atomic mass is 35.5. The lowest BCUT2D eigenvalue weighted by Gasteiger charge is -2.40. The van der Waals surface area contributed by atoms with Crippen molar-refractivity contribution in [2.24, 2.45) is 0 Å². The molecule has 0 atom stereocenters. The van der Waals surface area contributed by atoms with Crippen molar-refractivity contribution in [3.8, 4) is 5.69 Å². The molecule has 168 valence electrons. The van der Waals surface area contributed by atoms with Crippen LogP contribution in [0.15, 0.2) is 30.3 Å². The Balaban J connectivity index is 1.44. The van der Waals surface area contributed by atoms with Crippen molar-refractivity contribution in [1.82, 2.24) is 24.6 Å². The molecule has 0 bridgehead atoms. The van der Waals surface area contributed by atoms with E-state index in [9.17, 15) is 4.79 Å². The number of carbonyl (C=O) groups is 1. The number of amides is 1. The van der Waals surface area contributed by atoms with Gasteiger partial charge in [0.15, 0.2) is 5.65 Å². The molecule has 2 aliphatic rings. The number of nitrogens with zero attached hydrogens (tertiary/aromatic N) is 5. The smallest absolute Gasteiger partial charge is 0.254 e. The number of pyridine rings is 1. The van der Waals surface area contributed by atoms with E-state index in [2.05, 4.69) is 4.90 Å². The quantitative estimate of drug-likeness (QED) is 0.575. The monoisotopic (exact) mass is 451 g/mol. The number of carbonyl (C=O) groups excluding carboxylic acids is 1. The summed E-state index contributed by atoms with van der Waals surface area (Å²) in [5, 5.41) is 6.13. The van der Waals surface area contributed by atoms with Gasteiger partial charge in [0.25, 0.3) is 5.91 Å². The van der Waals surface area contributed by atoms with Gasteiger partial charge in [0.1, 0.15) is 0 Å². The zero-order valence-electron chi connectivity index (χ0n) is 18.9. The second-order valence-corrected chi connectivity index (χ2v) is 9.49. The number of piperazine rings is 1. The summed E-state index contributed by atoms with van der Waals surface area (Å²) in [4.78, 5) is 23.0. The number of aryl methyl sites for hydroxylation is 2. The molecule has 0 N–H and O–H groups in total. The summed E-state index contributed by atoms with van der Waals surface area (Å²) in [7, 11) is 0. The Morgan fingerprint density at radius 1 is 1.03 bits per heavy atom. The van der Waals surface area contributed by atoms with Gasteiger partial charge in [0, 0.05) is 37.9 Å². The predicted molar refractivity (Wildman–Crippen MR) is 128 cm³/mol. The minimum absolute atomic E-state index is 0.0746. The van der Waals surface area contributed by atoms with Crippen LogP contribution in [0.4, 0.5) is 0 Å². The fraction of sp³-hybridized carbons (Fsp3) is 0.480. The summed E-state index contributed by atoms with van der Waals surface area (Å²) in [6.07, 6.45) is 6.66. The van der Waals surface area contributed by atoms with Gasteiger partial charge in [-0.1, -0.05) is 43.0 Å². The van der Waals surface area contributed by atoms with Gasteiger partial charge >= 0.3 is 0 Å². The molecule has 1 aliphatic heterocycles. The van der Waals surface area contributed by atoms with E-state index in [0.29, 0.717) is 22.3 Å². The van der Waals surface area contributed by atoms with Crippen molar-refractivity contribution < 1.29 is 4.79 Å². The van der Waals surface area contributed by atoms with Crippen molar-refractivity contribution in [2.45, 2.75) is 52.0 Å². The van der Waals surface area contributed by atoms with Crippen molar-refractivity contribution in [3.63, 3.8) is 0 Å². The maximum Gasteiger partial charge on any atom is 0.254 e. The molecule has 5 rings (SSSR count). The maximum absolute atomic E-state index is 13.6. The number of hydrogen-bond acceptors (Lipinski definition) is 4. The standard InChI is InChI=1S/C25H30ClN5O/c1-17-16-20(25(32)30-14-12-29(13-15-30)19-8-4-3-5-9-19)23-18(2)28-31(24(23)27-17)22-11-7-6-10-21(22)26/h6-7,10-11,16,19H,3-5,8-9,12-15H2,1-2H3. The SMILES string of the molecule is Cc1cc(C(=O)N2CCN(C3CCCCC3)CC2)c2c(C)nn(-c3ccccc3Cl)c2n1. The molecule has 3 heterocycles. The van der Waals surface area contributed by atoms with Crippen LogP contribution in [-0.2, 0) is 0 Å². The van der Waals surface area contributed by atoms with E-state index in [-0.39, 0.29) is 5.91 Å². The molecule has 2 aromatic heterocycles. The fourth-order valence-corrected chi connectivity index (χ4v) is 5.50. The Morgan fingerprint density at radius 3 is 2.47 bits per heavy atom. The van der Waals surface area contributed by atoms with Gasteiger partial charge < -0.3 is 4.90 Å². The number of hydrogen-bond donors (Lipinski definition) is 0. The summed E-state index contributed by atoms with van der Waals surface area (Å²) >= 11 is 6.44. The highest BCUT2D eigenvalue weighted by Crippen LogP contribution is 2.29. The lowest BCUT2D eigenvalue weighted by Crippen LogP contribution is -2.52. The molecule has 32 heavy (non-hydrogen) atoms. The number of fused-ring (bicyclic) bond motifs is 1. The van der Waals surface area contributed by atoms with Crippen molar-refractivity contribution in [3.05, 3.63) is 52.3 Å². The average molecular weight is 452 g/mol. The van der Waals surface area contributed by atoms with E-state index in [4.69, 9.17) is 21.7 Å². The zero-order valence-corrected chi connectivity index (χ0v) is 19.6. The lowest BCUT2D eigenvalue weighted by atomic mass is 9.94. The van der Waals surface area contributed by atoms with Crippen molar-refractivity contribution >= 4 is 28.5 Å². The minimum atomic E-state index is 0.0746. The molecule has 1 amide bonds. The van der Waals surface area contributed by atoms with E-state index >= 15 is 0 Å². The summed E-state index contributed by atoms with van der Waals surface area (Å²) in [5.74, 6) is 0.0746. The highest BCUT2D eigenvalue weighted by molar-refractivity contribution is 6.32. The summed E-state index contributed by atoms with van der Waals surface area (Å²) in [6.45, 7) is 7.33. The third kappa shape index (κ3) is 3.90. The van der Waals surface area contributed by atoms with Crippen molar-refractivity contribution in [2.75, 3.05) is 26.2 Å².